The molecule has 7 unspecified atom stereocenters. The van der Waals surface area contributed by atoms with Crippen LogP contribution < -0.4 is 10.0 Å². The Kier molecular flexibility index (Phi) is 2.52. The fraction of sp³-hybridized carbons (Fsp3) is 0.588. The molecule has 5 nitrogen and oxygen atoms in total. The van der Waals surface area contributed by atoms with Gasteiger partial charge in [-0.1, -0.05) is 6.92 Å². The molecule has 7 heteroatoms. The number of halogens is 1. The van der Waals surface area contributed by atoms with E-state index in [1.807, 2.05) is 0 Å². The lowest BCUT2D eigenvalue weighted by Crippen LogP contribution is -2.96. The minimum Gasteiger partial charge on any atom is -0.346 e. The lowest BCUT2D eigenvalue weighted by molar-refractivity contribution is -0.418. The van der Waals surface area contributed by atoms with Crippen LogP contribution in [0.5, 0.6) is 0 Å². The maximum absolute atomic E-state index is 13.5. The summed E-state index contributed by atoms with van der Waals surface area (Å²) in [6, 6.07) is 3.57. The van der Waals surface area contributed by atoms with Crippen molar-refractivity contribution in [2.75, 3.05) is 11.0 Å². The van der Waals surface area contributed by atoms with Gasteiger partial charge in [0, 0.05) is 5.54 Å². The molecular weight excluding hydrogens is 331 g/mol. The first-order valence-corrected chi connectivity index (χ1v) is 10.2. The van der Waals surface area contributed by atoms with Gasteiger partial charge in [-0.15, -0.1) is 0 Å². The van der Waals surface area contributed by atoms with Crippen molar-refractivity contribution in [3.63, 3.8) is 0 Å². The maximum atomic E-state index is 13.5. The molecule has 0 saturated heterocycles. The van der Waals surface area contributed by atoms with Crippen LogP contribution in [-0.2, 0) is 10.0 Å². The number of nitrogens with one attached hydrogen (secondary N) is 2. The van der Waals surface area contributed by atoms with E-state index in [1.54, 1.807) is 0 Å². The smallest absolute Gasteiger partial charge is 0.253 e. The summed E-state index contributed by atoms with van der Waals surface area (Å²) in [5.41, 5.74) is 0.0642. The topological polar surface area (TPSA) is 75.3 Å². The summed E-state index contributed by atoms with van der Waals surface area (Å²) in [5.74, 6) is 3.36. The van der Waals surface area contributed by atoms with Crippen molar-refractivity contribution in [3.05, 3.63) is 29.6 Å². The fourth-order valence-corrected chi connectivity index (χ4v) is 7.02. The second kappa shape index (κ2) is 4.12. The van der Waals surface area contributed by atoms with E-state index in [0.29, 0.717) is 17.8 Å². The first kappa shape index (κ1) is 14.7. The molecule has 0 bridgehead atoms. The zero-order valence-electron chi connectivity index (χ0n) is 13.4. The zero-order valence-corrected chi connectivity index (χ0v) is 14.2. The Morgan fingerprint density at radius 1 is 1.29 bits per heavy atom. The number of anilines is 1. The molecule has 1 aromatic rings. The van der Waals surface area contributed by atoms with E-state index >= 15 is 0 Å². The highest BCUT2D eigenvalue weighted by Gasteiger charge is 2.89. The Hall–Kier alpha value is -1.63. The van der Waals surface area contributed by atoms with E-state index in [9.17, 15) is 17.6 Å². The molecule has 0 radical (unpaired) electrons. The highest BCUT2D eigenvalue weighted by molar-refractivity contribution is 7.92. The van der Waals surface area contributed by atoms with Gasteiger partial charge >= 0.3 is 0 Å². The van der Waals surface area contributed by atoms with Crippen LogP contribution in [0.15, 0.2) is 18.2 Å². The normalized spacial score (nSPS) is 43.3. The summed E-state index contributed by atoms with van der Waals surface area (Å²) < 4.78 is 38.7. The molecule has 4 aliphatic carbocycles. The first-order chi connectivity index (χ1) is 11.2. The number of hydrogen-bond donors (Lipinski definition) is 2. The van der Waals surface area contributed by atoms with Gasteiger partial charge in [0.25, 0.3) is 5.91 Å². The Balaban J connectivity index is 1.42. The molecule has 1 aromatic carbocycles. The number of carbonyl (C=O) groups excluding carboxylic acids is 1. The second-order valence-electron chi connectivity index (χ2n) is 7.99. The van der Waals surface area contributed by atoms with Crippen LogP contribution >= 0.6 is 0 Å². The molecule has 1 amide bonds. The van der Waals surface area contributed by atoms with Crippen LogP contribution in [-0.4, -0.2) is 26.1 Å². The number of amides is 1. The molecular formula is C17H19FN2O3S. The quantitative estimate of drug-likeness (QED) is 0.870. The molecule has 2 N–H and O–H groups in total. The van der Waals surface area contributed by atoms with Gasteiger partial charge < -0.3 is 5.32 Å². The number of hydrogen-bond acceptors (Lipinski definition) is 3. The van der Waals surface area contributed by atoms with Crippen LogP contribution in [0.25, 0.3) is 0 Å². The molecule has 0 heterocycles. The summed E-state index contributed by atoms with van der Waals surface area (Å²) >= 11 is 0. The van der Waals surface area contributed by atoms with Gasteiger partial charge in [-0.3, -0.25) is 9.52 Å². The average molecular weight is 350 g/mol. The zero-order chi connectivity index (χ0) is 17.0. The average Bonchev–Trinajstić information content (AvgIpc) is 2.44. The lowest BCUT2D eigenvalue weighted by atomic mass is 9.14. The highest BCUT2D eigenvalue weighted by atomic mass is 32.2. The number of fused-ring (bicyclic) bond motifs is 2. The molecule has 128 valence electrons. The van der Waals surface area contributed by atoms with Gasteiger partial charge in [0.2, 0.25) is 10.0 Å². The van der Waals surface area contributed by atoms with Crippen molar-refractivity contribution in [2.24, 2.45) is 35.5 Å². The molecule has 0 spiro atoms. The van der Waals surface area contributed by atoms with E-state index in [4.69, 9.17) is 0 Å². The summed E-state index contributed by atoms with van der Waals surface area (Å²) in [5, 5.41) is 3.17. The number of sulfonamides is 1. The molecule has 4 aliphatic rings. The molecule has 4 saturated carbocycles. The summed E-state index contributed by atoms with van der Waals surface area (Å²) in [7, 11) is -3.59. The van der Waals surface area contributed by atoms with Crippen molar-refractivity contribution in [1.82, 2.24) is 5.32 Å². The van der Waals surface area contributed by atoms with Gasteiger partial charge in [-0.2, -0.15) is 0 Å². The number of benzene rings is 1. The molecule has 5 rings (SSSR count). The van der Waals surface area contributed by atoms with E-state index < -0.39 is 15.8 Å². The highest BCUT2D eigenvalue weighted by Crippen LogP contribution is 2.87. The Morgan fingerprint density at radius 2 is 2.04 bits per heavy atom. The van der Waals surface area contributed by atoms with Gasteiger partial charge in [0.1, 0.15) is 5.82 Å². The van der Waals surface area contributed by atoms with Crippen molar-refractivity contribution >= 4 is 21.6 Å². The van der Waals surface area contributed by atoms with Crippen LogP contribution in [0.2, 0.25) is 0 Å². The first-order valence-electron chi connectivity index (χ1n) is 8.33. The monoisotopic (exact) mass is 350 g/mol. The molecule has 7 atom stereocenters. The molecule has 24 heavy (non-hydrogen) atoms. The largest absolute Gasteiger partial charge is 0.346 e. The van der Waals surface area contributed by atoms with Crippen LogP contribution in [0.3, 0.4) is 0 Å². The van der Waals surface area contributed by atoms with Crippen molar-refractivity contribution in [1.29, 1.82) is 0 Å². The van der Waals surface area contributed by atoms with Gasteiger partial charge in [-0.05, 0) is 60.1 Å². The predicted octanol–water partition coefficient (Wildman–Crippen LogP) is 1.83. The van der Waals surface area contributed by atoms with Crippen LogP contribution in [0, 0.1) is 41.3 Å². The van der Waals surface area contributed by atoms with Gasteiger partial charge in [0.15, 0.2) is 0 Å². The number of rotatable bonds is 4. The second-order valence-corrected chi connectivity index (χ2v) is 9.74. The van der Waals surface area contributed by atoms with Gasteiger partial charge in [-0.25, -0.2) is 12.8 Å². The predicted molar refractivity (Wildman–Crippen MR) is 86.3 cm³/mol. The van der Waals surface area contributed by atoms with Gasteiger partial charge in [0.05, 0.1) is 17.5 Å². The minimum absolute atomic E-state index is 0.00806. The van der Waals surface area contributed by atoms with E-state index in [1.165, 1.54) is 12.1 Å². The number of carbonyl (C=O) groups is 1. The Labute approximate surface area is 140 Å². The Bertz CT molecular complexity index is 873. The standard InChI is InChI=1S/C17H19FN2O3S/c1-7-12-10-6-17(14(7)13(12)15(10)17)19-16(21)9-4-3-8(18)5-11(9)20-24(2,22)23/h3-5,7,10,12-15,20H,6H2,1-2H3,(H,19,21). The summed E-state index contributed by atoms with van der Waals surface area (Å²) in [6.07, 6.45) is 2.02. The fourth-order valence-electron chi connectivity index (χ4n) is 6.45. The van der Waals surface area contributed by atoms with E-state index in [0.717, 1.165) is 36.5 Å². The minimum atomic E-state index is -3.59. The molecule has 0 aromatic heterocycles. The molecule has 0 aliphatic heterocycles. The van der Waals surface area contributed by atoms with Crippen molar-refractivity contribution in [3.8, 4) is 0 Å². The SMILES string of the molecule is CC1C2C3CC4(NC(=O)c5ccc(F)cc5NS(C)(=O)=O)C1C2C34. The summed E-state index contributed by atoms with van der Waals surface area (Å²) in [6.45, 7) is 2.27. The van der Waals surface area contributed by atoms with E-state index in [-0.39, 0.29) is 22.7 Å². The maximum Gasteiger partial charge on any atom is 0.253 e. The summed E-state index contributed by atoms with van der Waals surface area (Å²) in [4.78, 5) is 12.8. The third kappa shape index (κ3) is 1.54. The third-order valence-corrected chi connectivity index (χ3v) is 7.62. The lowest BCUT2D eigenvalue weighted by Gasteiger charge is -2.92. The molecule has 4 fully saturated rings. The van der Waals surface area contributed by atoms with Crippen molar-refractivity contribution < 1.29 is 17.6 Å². The van der Waals surface area contributed by atoms with Crippen LogP contribution in [0.4, 0.5) is 10.1 Å². The Morgan fingerprint density at radius 3 is 2.62 bits per heavy atom. The third-order valence-electron chi connectivity index (χ3n) is 7.03. The van der Waals surface area contributed by atoms with Crippen molar-refractivity contribution in [2.45, 2.75) is 18.9 Å². The van der Waals surface area contributed by atoms with E-state index in [2.05, 4.69) is 17.0 Å². The van der Waals surface area contributed by atoms with Crippen LogP contribution in [0.1, 0.15) is 23.7 Å².